The zero-order valence-electron chi connectivity index (χ0n) is 15.4. The summed E-state index contributed by atoms with van der Waals surface area (Å²) in [5, 5.41) is 30.8. The number of ether oxygens (including phenoxy) is 1. The standard InChI is InChI=1S/C16H16FN9O3/c1-19-14-9(7-18)8-20-15(22-14)21-11-6-12(26-16(28)25(2)23-24-26)13(5-10(11)17)29-4-3-27/h5-6,8,27H,3-4H2,1-2H3,(H2,19,20,21,22). The van der Waals surface area contributed by atoms with Gasteiger partial charge in [-0.25, -0.2) is 14.2 Å². The topological polar surface area (TPSA) is 156 Å². The lowest BCUT2D eigenvalue weighted by molar-refractivity contribution is 0.200. The van der Waals surface area contributed by atoms with E-state index in [0.29, 0.717) is 0 Å². The van der Waals surface area contributed by atoms with Gasteiger partial charge in [-0.05, 0) is 16.5 Å². The Kier molecular flexibility index (Phi) is 5.65. The lowest BCUT2D eigenvalue weighted by Gasteiger charge is -2.14. The Labute approximate surface area is 163 Å². The SMILES string of the molecule is CNc1nc(Nc2cc(-n3nnn(C)c3=O)c(OCCO)cc2F)ncc1C#N. The van der Waals surface area contributed by atoms with E-state index in [1.165, 1.54) is 19.3 Å². The number of nitrogens with zero attached hydrogens (tertiary/aromatic N) is 7. The number of halogens is 1. The number of aryl methyl sites for hydroxylation is 1. The average Bonchev–Trinajstić information content (AvgIpc) is 3.06. The van der Waals surface area contributed by atoms with Crippen LogP contribution in [0.25, 0.3) is 5.69 Å². The number of rotatable bonds is 7. The Bertz CT molecular complexity index is 1140. The highest BCUT2D eigenvalue weighted by molar-refractivity contribution is 5.64. The summed E-state index contributed by atoms with van der Waals surface area (Å²) in [6, 6.07) is 4.25. The Balaban J connectivity index is 2.06. The molecule has 0 aliphatic rings. The molecule has 0 atom stereocenters. The van der Waals surface area contributed by atoms with Gasteiger partial charge in [-0.3, -0.25) is 0 Å². The number of hydrogen-bond donors (Lipinski definition) is 3. The quantitative estimate of drug-likeness (QED) is 0.489. The van der Waals surface area contributed by atoms with Gasteiger partial charge in [0, 0.05) is 20.2 Å². The summed E-state index contributed by atoms with van der Waals surface area (Å²) in [6.45, 7) is -0.416. The van der Waals surface area contributed by atoms with Gasteiger partial charge in [0.15, 0.2) is 5.82 Å². The summed E-state index contributed by atoms with van der Waals surface area (Å²) in [5.74, 6) is -0.452. The second kappa shape index (κ2) is 8.31. The van der Waals surface area contributed by atoms with Gasteiger partial charge in [0.2, 0.25) is 5.95 Å². The molecule has 3 N–H and O–H groups in total. The van der Waals surface area contributed by atoms with E-state index in [1.807, 2.05) is 6.07 Å². The van der Waals surface area contributed by atoms with Gasteiger partial charge in [0.25, 0.3) is 0 Å². The Morgan fingerprint density at radius 1 is 1.38 bits per heavy atom. The molecule has 3 aromatic rings. The van der Waals surface area contributed by atoms with Gasteiger partial charge < -0.3 is 20.5 Å². The average molecular weight is 401 g/mol. The first-order valence-corrected chi connectivity index (χ1v) is 8.27. The van der Waals surface area contributed by atoms with Crippen LogP contribution in [0.5, 0.6) is 5.75 Å². The van der Waals surface area contributed by atoms with Crippen LogP contribution in [0.1, 0.15) is 5.56 Å². The fourth-order valence-electron chi connectivity index (χ4n) is 2.38. The van der Waals surface area contributed by atoms with Crippen LogP contribution in [0.3, 0.4) is 0 Å². The molecule has 0 saturated heterocycles. The number of hydrogen-bond acceptors (Lipinski definition) is 10. The largest absolute Gasteiger partial charge is 0.489 e. The molecule has 2 aromatic heterocycles. The van der Waals surface area contributed by atoms with Crippen molar-refractivity contribution in [2.24, 2.45) is 7.05 Å². The predicted molar refractivity (Wildman–Crippen MR) is 98.7 cm³/mol. The van der Waals surface area contributed by atoms with Crippen LogP contribution in [-0.4, -0.2) is 55.1 Å². The van der Waals surface area contributed by atoms with Crippen LogP contribution in [0.2, 0.25) is 0 Å². The van der Waals surface area contributed by atoms with E-state index >= 15 is 0 Å². The van der Waals surface area contributed by atoms with Gasteiger partial charge in [0.05, 0.1) is 18.5 Å². The second-order valence-corrected chi connectivity index (χ2v) is 5.61. The number of benzene rings is 1. The third-order valence-electron chi connectivity index (χ3n) is 3.74. The first-order valence-electron chi connectivity index (χ1n) is 8.27. The highest BCUT2D eigenvalue weighted by atomic mass is 19.1. The van der Waals surface area contributed by atoms with Crippen LogP contribution in [-0.2, 0) is 7.05 Å². The molecule has 0 spiro atoms. The van der Waals surface area contributed by atoms with Crippen molar-refractivity contribution in [1.29, 1.82) is 5.26 Å². The Hall–Kier alpha value is -4.05. The van der Waals surface area contributed by atoms with Gasteiger partial charge >= 0.3 is 5.69 Å². The minimum atomic E-state index is -0.724. The van der Waals surface area contributed by atoms with E-state index in [-0.39, 0.29) is 47.7 Å². The van der Waals surface area contributed by atoms with Gasteiger partial charge in [-0.1, -0.05) is 0 Å². The van der Waals surface area contributed by atoms with Crippen LogP contribution < -0.4 is 21.1 Å². The first kappa shape index (κ1) is 19.7. The molecule has 0 fully saturated rings. The molecule has 0 aliphatic carbocycles. The molecule has 0 radical (unpaired) electrons. The Morgan fingerprint density at radius 2 is 2.17 bits per heavy atom. The minimum Gasteiger partial charge on any atom is -0.489 e. The molecule has 13 heteroatoms. The van der Waals surface area contributed by atoms with Crippen molar-refractivity contribution in [3.05, 3.63) is 40.2 Å². The van der Waals surface area contributed by atoms with Crippen molar-refractivity contribution in [2.75, 3.05) is 30.9 Å². The number of aromatic nitrogens is 6. The van der Waals surface area contributed by atoms with E-state index < -0.39 is 11.5 Å². The molecule has 0 bridgehead atoms. The van der Waals surface area contributed by atoms with E-state index in [1.54, 1.807) is 7.05 Å². The number of tetrazole rings is 1. The molecule has 0 amide bonds. The van der Waals surface area contributed by atoms with Gasteiger partial charge in [0.1, 0.15) is 35.5 Å². The fourth-order valence-corrected chi connectivity index (χ4v) is 2.38. The van der Waals surface area contributed by atoms with Crippen LogP contribution in [0.15, 0.2) is 23.1 Å². The van der Waals surface area contributed by atoms with Crippen molar-refractivity contribution in [3.8, 4) is 17.5 Å². The van der Waals surface area contributed by atoms with Crippen molar-refractivity contribution >= 4 is 17.5 Å². The third-order valence-corrected chi connectivity index (χ3v) is 3.74. The molecular weight excluding hydrogens is 385 g/mol. The number of nitriles is 1. The molecule has 3 rings (SSSR count). The number of aliphatic hydroxyl groups excluding tert-OH is 1. The smallest absolute Gasteiger partial charge is 0.368 e. The van der Waals surface area contributed by atoms with Gasteiger partial charge in [-0.2, -0.15) is 19.6 Å². The molecule has 29 heavy (non-hydrogen) atoms. The van der Waals surface area contributed by atoms with Crippen LogP contribution in [0, 0.1) is 17.1 Å². The summed E-state index contributed by atoms with van der Waals surface area (Å²) in [7, 11) is 2.99. The summed E-state index contributed by atoms with van der Waals surface area (Å²) in [4.78, 5) is 20.3. The molecule has 0 aliphatic heterocycles. The van der Waals surface area contributed by atoms with E-state index in [0.717, 1.165) is 15.4 Å². The Morgan fingerprint density at radius 3 is 2.79 bits per heavy atom. The molecule has 0 saturated carbocycles. The highest BCUT2D eigenvalue weighted by Crippen LogP contribution is 2.30. The fraction of sp³-hybridized carbons (Fsp3) is 0.250. The van der Waals surface area contributed by atoms with Crippen molar-refractivity contribution in [1.82, 2.24) is 29.8 Å². The minimum absolute atomic E-state index is 0.0126. The normalized spacial score (nSPS) is 10.4. The van der Waals surface area contributed by atoms with Crippen molar-refractivity contribution < 1.29 is 14.2 Å². The summed E-state index contributed by atoms with van der Waals surface area (Å²) >= 11 is 0. The molecule has 1 aromatic carbocycles. The van der Waals surface area contributed by atoms with E-state index in [4.69, 9.17) is 15.1 Å². The predicted octanol–water partition coefficient (Wildman–Crippen LogP) is -0.0768. The highest BCUT2D eigenvalue weighted by Gasteiger charge is 2.18. The first-order chi connectivity index (χ1) is 14.0. The lowest BCUT2D eigenvalue weighted by Crippen LogP contribution is -2.23. The molecule has 150 valence electrons. The van der Waals surface area contributed by atoms with Gasteiger partial charge in [-0.15, -0.1) is 0 Å². The molecular formula is C16H16FN9O3. The molecule has 12 nitrogen and oxygen atoms in total. The van der Waals surface area contributed by atoms with E-state index in [2.05, 4.69) is 31.0 Å². The maximum Gasteiger partial charge on any atom is 0.368 e. The maximum absolute atomic E-state index is 14.6. The second-order valence-electron chi connectivity index (χ2n) is 5.61. The maximum atomic E-state index is 14.6. The zero-order valence-corrected chi connectivity index (χ0v) is 15.4. The number of anilines is 3. The van der Waals surface area contributed by atoms with Crippen LogP contribution >= 0.6 is 0 Å². The molecule has 2 heterocycles. The molecule has 0 unspecified atom stereocenters. The number of nitrogens with one attached hydrogen (secondary N) is 2. The van der Waals surface area contributed by atoms with Crippen LogP contribution in [0.4, 0.5) is 21.8 Å². The monoisotopic (exact) mass is 401 g/mol. The summed E-state index contributed by atoms with van der Waals surface area (Å²) in [5.41, 5.74) is -0.329. The van der Waals surface area contributed by atoms with Crippen molar-refractivity contribution in [3.63, 3.8) is 0 Å². The summed E-state index contributed by atoms with van der Waals surface area (Å²) in [6.07, 6.45) is 1.28. The van der Waals surface area contributed by atoms with E-state index in [9.17, 15) is 9.18 Å². The lowest BCUT2D eigenvalue weighted by atomic mass is 10.2. The third kappa shape index (κ3) is 3.96. The van der Waals surface area contributed by atoms with Crippen molar-refractivity contribution in [2.45, 2.75) is 0 Å². The summed E-state index contributed by atoms with van der Waals surface area (Å²) < 4.78 is 21.9. The zero-order chi connectivity index (χ0) is 21.0. The number of aliphatic hydroxyl groups is 1.